The van der Waals surface area contributed by atoms with Crippen LogP contribution in [0, 0.1) is 0 Å². The lowest BCUT2D eigenvalue weighted by Crippen LogP contribution is -2.45. The Labute approximate surface area is 164 Å². The zero-order chi connectivity index (χ0) is 19.4. The van der Waals surface area contributed by atoms with E-state index < -0.39 is 11.2 Å². The van der Waals surface area contributed by atoms with Gasteiger partial charge < -0.3 is 9.84 Å². The third kappa shape index (κ3) is 2.81. The average Bonchev–Trinajstić information content (AvgIpc) is 2.96. The van der Waals surface area contributed by atoms with Crippen LogP contribution < -0.4 is 0 Å². The number of ketones is 1. The molecule has 4 heteroatoms. The van der Waals surface area contributed by atoms with Crippen LogP contribution in [0.1, 0.15) is 44.7 Å². The molecule has 0 radical (unpaired) electrons. The number of hydrogen-bond donors (Lipinski definition) is 1. The Morgan fingerprint density at radius 2 is 1.67 bits per heavy atom. The number of aliphatic hydroxyl groups excluding tert-OH is 1. The SMILES string of the molecule is CCc1ccc(-c2ccc(Cl)cc2)cc1C1=C(O)[C@]2(C)CC[C@@](C)(O2)C1=O. The number of benzene rings is 2. The van der Waals surface area contributed by atoms with Crippen molar-refractivity contribution in [2.75, 3.05) is 0 Å². The van der Waals surface area contributed by atoms with Crippen molar-refractivity contribution in [2.45, 2.75) is 51.2 Å². The van der Waals surface area contributed by atoms with Gasteiger partial charge in [-0.05, 0) is 73.6 Å². The molecule has 0 aromatic heterocycles. The molecule has 2 aromatic rings. The summed E-state index contributed by atoms with van der Waals surface area (Å²) in [4.78, 5) is 13.3. The number of hydrogen-bond acceptors (Lipinski definition) is 3. The molecular formula is C23H23ClO3. The Bertz CT molecular complexity index is 960. The lowest BCUT2D eigenvalue weighted by molar-refractivity contribution is -0.146. The highest BCUT2D eigenvalue weighted by Crippen LogP contribution is 2.50. The van der Waals surface area contributed by atoms with Crippen molar-refractivity contribution in [3.8, 4) is 11.1 Å². The van der Waals surface area contributed by atoms with Crippen LogP contribution in [0.4, 0.5) is 0 Å². The van der Waals surface area contributed by atoms with Gasteiger partial charge in [0, 0.05) is 5.02 Å². The third-order valence-electron chi connectivity index (χ3n) is 5.91. The lowest BCUT2D eigenvalue weighted by Gasteiger charge is -2.36. The molecule has 2 bridgehead atoms. The highest BCUT2D eigenvalue weighted by atomic mass is 35.5. The maximum atomic E-state index is 13.3. The molecule has 0 spiro atoms. The van der Waals surface area contributed by atoms with Crippen LogP contribution in [0.3, 0.4) is 0 Å². The number of halogens is 1. The highest BCUT2D eigenvalue weighted by molar-refractivity contribution is 6.30. The standard InChI is InChI=1S/C23H23ClO3/c1-4-14-5-6-16(15-7-9-17(24)10-8-15)13-18(14)19-20(25)22(2)11-12-23(3,27-22)21(19)26/h5-10,13,25H,4,11-12H2,1-3H3/t22-,23+/m0/s1. The first-order valence-electron chi connectivity index (χ1n) is 9.35. The maximum Gasteiger partial charge on any atom is 0.198 e. The van der Waals surface area contributed by atoms with Crippen molar-refractivity contribution in [1.82, 2.24) is 0 Å². The number of ether oxygens (including phenoxy) is 1. The molecule has 0 unspecified atom stereocenters. The quantitative estimate of drug-likeness (QED) is 0.735. The van der Waals surface area contributed by atoms with E-state index in [-0.39, 0.29) is 11.5 Å². The van der Waals surface area contributed by atoms with Gasteiger partial charge in [0.05, 0.1) is 5.57 Å². The topological polar surface area (TPSA) is 46.5 Å². The molecule has 2 atom stereocenters. The Balaban J connectivity index is 1.91. The molecule has 2 aromatic carbocycles. The summed E-state index contributed by atoms with van der Waals surface area (Å²) in [5.41, 5.74) is 2.60. The summed E-state index contributed by atoms with van der Waals surface area (Å²) in [7, 11) is 0. The number of aliphatic hydroxyl groups is 1. The molecule has 0 aliphatic carbocycles. The number of Topliss-reactive ketones (excluding diaryl/α,β-unsaturated/α-hetero) is 1. The summed E-state index contributed by atoms with van der Waals surface area (Å²) in [5, 5.41) is 11.7. The van der Waals surface area contributed by atoms with Gasteiger partial charge >= 0.3 is 0 Å². The molecular weight excluding hydrogens is 360 g/mol. The molecule has 0 amide bonds. The van der Waals surface area contributed by atoms with Gasteiger partial charge in [0.15, 0.2) is 5.78 Å². The van der Waals surface area contributed by atoms with Gasteiger partial charge in [-0.15, -0.1) is 0 Å². The molecule has 4 rings (SSSR count). The van der Waals surface area contributed by atoms with Crippen LogP contribution in [-0.4, -0.2) is 22.1 Å². The van der Waals surface area contributed by atoms with Gasteiger partial charge in [0.2, 0.25) is 0 Å². The monoisotopic (exact) mass is 382 g/mol. The minimum atomic E-state index is -0.863. The largest absolute Gasteiger partial charge is 0.508 e. The van der Waals surface area contributed by atoms with Crippen LogP contribution in [0.2, 0.25) is 5.02 Å². The highest BCUT2D eigenvalue weighted by Gasteiger charge is 2.57. The first kappa shape index (κ1) is 18.3. The van der Waals surface area contributed by atoms with Crippen molar-refractivity contribution >= 4 is 23.0 Å². The normalized spacial score (nSPS) is 27.3. The van der Waals surface area contributed by atoms with Crippen molar-refractivity contribution in [2.24, 2.45) is 0 Å². The smallest absolute Gasteiger partial charge is 0.198 e. The second-order valence-corrected chi connectivity index (χ2v) is 8.29. The van der Waals surface area contributed by atoms with E-state index in [0.29, 0.717) is 23.4 Å². The number of aryl methyl sites for hydroxylation is 1. The number of fused-ring (bicyclic) bond motifs is 2. The summed E-state index contributed by atoms with van der Waals surface area (Å²) in [5.74, 6) is -0.0663. The van der Waals surface area contributed by atoms with E-state index in [4.69, 9.17) is 16.3 Å². The second-order valence-electron chi connectivity index (χ2n) is 7.85. The van der Waals surface area contributed by atoms with E-state index in [1.807, 2.05) is 56.3 Å². The van der Waals surface area contributed by atoms with Crippen LogP contribution in [0.15, 0.2) is 48.2 Å². The van der Waals surface area contributed by atoms with Gasteiger partial charge in [-0.25, -0.2) is 0 Å². The molecule has 1 saturated heterocycles. The number of rotatable bonds is 3. The Hall–Kier alpha value is -2.10. The molecule has 2 aliphatic heterocycles. The molecule has 2 heterocycles. The Kier molecular flexibility index (Phi) is 4.21. The van der Waals surface area contributed by atoms with Crippen molar-refractivity contribution in [3.63, 3.8) is 0 Å². The summed E-state index contributed by atoms with van der Waals surface area (Å²) in [6.07, 6.45) is 2.03. The van der Waals surface area contributed by atoms with E-state index in [2.05, 4.69) is 6.92 Å². The van der Waals surface area contributed by atoms with Gasteiger partial charge in [-0.3, -0.25) is 4.79 Å². The predicted molar refractivity (Wildman–Crippen MR) is 108 cm³/mol. The maximum absolute atomic E-state index is 13.3. The first-order valence-corrected chi connectivity index (χ1v) is 9.73. The zero-order valence-corrected chi connectivity index (χ0v) is 16.6. The van der Waals surface area contributed by atoms with Gasteiger partial charge in [-0.2, -0.15) is 0 Å². The minimum absolute atomic E-state index is 0.0606. The van der Waals surface area contributed by atoms with Crippen LogP contribution in [0.5, 0.6) is 0 Å². The van der Waals surface area contributed by atoms with Gasteiger partial charge in [-0.1, -0.05) is 42.8 Å². The Morgan fingerprint density at radius 1 is 1.04 bits per heavy atom. The van der Waals surface area contributed by atoms with Crippen LogP contribution in [0.25, 0.3) is 16.7 Å². The Morgan fingerprint density at radius 3 is 2.33 bits per heavy atom. The number of carbonyl (C=O) groups is 1. The van der Waals surface area contributed by atoms with Gasteiger partial charge in [0.1, 0.15) is 17.0 Å². The fraction of sp³-hybridized carbons (Fsp3) is 0.348. The summed E-state index contributed by atoms with van der Waals surface area (Å²) in [6, 6.07) is 13.7. The van der Waals surface area contributed by atoms with E-state index in [1.54, 1.807) is 0 Å². The van der Waals surface area contributed by atoms with Crippen LogP contribution in [-0.2, 0) is 16.0 Å². The second kappa shape index (κ2) is 6.22. The molecule has 3 nitrogen and oxygen atoms in total. The van der Waals surface area contributed by atoms with Gasteiger partial charge in [0.25, 0.3) is 0 Å². The molecule has 27 heavy (non-hydrogen) atoms. The van der Waals surface area contributed by atoms with Crippen molar-refractivity contribution < 1.29 is 14.6 Å². The summed E-state index contributed by atoms with van der Waals surface area (Å²) < 4.78 is 5.98. The van der Waals surface area contributed by atoms with Crippen molar-refractivity contribution in [3.05, 3.63) is 64.4 Å². The van der Waals surface area contributed by atoms with E-state index in [0.717, 1.165) is 28.7 Å². The van der Waals surface area contributed by atoms with E-state index in [1.165, 1.54) is 0 Å². The zero-order valence-electron chi connectivity index (χ0n) is 15.8. The molecule has 2 aliphatic rings. The van der Waals surface area contributed by atoms with E-state index in [9.17, 15) is 9.90 Å². The molecule has 1 fully saturated rings. The minimum Gasteiger partial charge on any atom is -0.508 e. The van der Waals surface area contributed by atoms with Crippen LogP contribution >= 0.6 is 11.6 Å². The van der Waals surface area contributed by atoms with E-state index >= 15 is 0 Å². The lowest BCUT2D eigenvalue weighted by atomic mass is 9.83. The summed E-state index contributed by atoms with van der Waals surface area (Å²) in [6.45, 7) is 5.76. The summed E-state index contributed by atoms with van der Waals surface area (Å²) >= 11 is 6.01. The number of carbonyl (C=O) groups excluding carboxylic acids is 1. The third-order valence-corrected chi connectivity index (χ3v) is 6.16. The average molecular weight is 383 g/mol. The molecule has 0 saturated carbocycles. The fourth-order valence-corrected chi connectivity index (χ4v) is 4.35. The predicted octanol–water partition coefficient (Wildman–Crippen LogP) is 5.75. The first-order chi connectivity index (χ1) is 12.8. The fourth-order valence-electron chi connectivity index (χ4n) is 4.23. The molecule has 1 N–H and O–H groups in total. The van der Waals surface area contributed by atoms with Crippen molar-refractivity contribution in [1.29, 1.82) is 0 Å². The molecule has 140 valence electrons.